The average Bonchev–Trinajstić information content (AvgIpc) is 3.62. The molecule has 5 aromatic rings. The number of aliphatic imine (C=N–C) groups is 1. The van der Waals surface area contributed by atoms with Gasteiger partial charge >= 0.3 is 0 Å². The Hall–Kier alpha value is -5.29. The summed E-state index contributed by atoms with van der Waals surface area (Å²) in [6.45, 7) is 5.46. The standard InChI is InChI=1S/C22H19N5OS.C8H10N4O.CH5N/c1-2-20-25-19-10-6-7-17(12-11-16-13-24-26(14-16)29-15-23)21(19)22(28)27(20)18-8-4-3-5-9-18;1-3-4-10-8-6(5-13)7(9)11-12(8)2;1-2/h3-10,13-14H,2,15,23H2,1H3;3-5H,1H2,2H3,(H2,9,11);2H2,1H3/b;10-4-;. The minimum Gasteiger partial charge on any atom is -0.382 e. The summed E-state index contributed by atoms with van der Waals surface area (Å²) in [5.74, 6) is 7.98. The van der Waals surface area contributed by atoms with E-state index in [1.807, 2.05) is 61.7 Å². The maximum absolute atomic E-state index is 13.5. The van der Waals surface area contributed by atoms with Crippen LogP contribution in [0, 0.1) is 11.8 Å². The second kappa shape index (κ2) is 16.4. The number of aryl methyl sites for hydroxylation is 2. The van der Waals surface area contributed by atoms with E-state index in [1.54, 1.807) is 21.9 Å². The summed E-state index contributed by atoms with van der Waals surface area (Å²) >= 11 is 1.38. The minimum atomic E-state index is -0.114. The number of nitrogens with two attached hydrogens (primary N) is 3. The zero-order valence-electron chi connectivity index (χ0n) is 24.7. The van der Waals surface area contributed by atoms with Crippen molar-refractivity contribution in [3.05, 3.63) is 106 Å². The molecule has 0 radical (unpaired) electrons. The van der Waals surface area contributed by atoms with Crippen LogP contribution in [0.4, 0.5) is 11.6 Å². The molecule has 0 fully saturated rings. The number of nitrogens with zero attached hydrogens (tertiary/aromatic N) is 7. The van der Waals surface area contributed by atoms with Crippen LogP contribution in [-0.2, 0) is 13.5 Å². The largest absolute Gasteiger partial charge is 0.382 e. The first-order chi connectivity index (χ1) is 21.4. The van der Waals surface area contributed by atoms with Gasteiger partial charge in [0.05, 0.1) is 40.4 Å². The Labute approximate surface area is 259 Å². The van der Waals surface area contributed by atoms with E-state index in [0.29, 0.717) is 46.4 Å². The van der Waals surface area contributed by atoms with Crippen molar-refractivity contribution in [3.8, 4) is 17.5 Å². The molecule has 0 atom stereocenters. The number of carbonyl (C=O) groups is 1. The fourth-order valence-electron chi connectivity index (χ4n) is 4.06. The van der Waals surface area contributed by atoms with Gasteiger partial charge in [0, 0.05) is 25.2 Å². The van der Waals surface area contributed by atoms with Crippen molar-refractivity contribution in [3.63, 3.8) is 0 Å². The maximum Gasteiger partial charge on any atom is 0.267 e. The number of aldehydes is 1. The normalized spacial score (nSPS) is 10.3. The van der Waals surface area contributed by atoms with Gasteiger partial charge in [0.25, 0.3) is 5.56 Å². The third-order valence-corrected chi connectivity index (χ3v) is 6.52. The van der Waals surface area contributed by atoms with Gasteiger partial charge in [-0.2, -0.15) is 10.2 Å². The number of hydrogen-bond acceptors (Lipinski definition) is 10. The van der Waals surface area contributed by atoms with E-state index < -0.39 is 0 Å². The first-order valence-corrected chi connectivity index (χ1v) is 14.4. The first-order valence-electron chi connectivity index (χ1n) is 13.4. The van der Waals surface area contributed by atoms with Crippen molar-refractivity contribution in [2.24, 2.45) is 23.5 Å². The van der Waals surface area contributed by atoms with Crippen molar-refractivity contribution in [2.75, 3.05) is 18.7 Å². The van der Waals surface area contributed by atoms with Crippen LogP contribution in [0.5, 0.6) is 0 Å². The lowest BCUT2D eigenvalue weighted by Gasteiger charge is -2.13. The van der Waals surface area contributed by atoms with E-state index in [1.165, 1.54) is 36.0 Å². The summed E-state index contributed by atoms with van der Waals surface area (Å²) in [5.41, 5.74) is 18.5. The van der Waals surface area contributed by atoms with Crippen molar-refractivity contribution in [2.45, 2.75) is 13.3 Å². The second-order valence-corrected chi connectivity index (χ2v) is 9.58. The summed E-state index contributed by atoms with van der Waals surface area (Å²) in [7, 11) is 3.17. The van der Waals surface area contributed by atoms with Crippen molar-refractivity contribution in [1.29, 1.82) is 0 Å². The number of anilines is 1. The van der Waals surface area contributed by atoms with E-state index in [9.17, 15) is 9.59 Å². The highest BCUT2D eigenvalue weighted by atomic mass is 32.2. The van der Waals surface area contributed by atoms with Gasteiger partial charge in [-0.3, -0.25) is 14.2 Å². The number of para-hydroxylation sites is 1. The van der Waals surface area contributed by atoms with Gasteiger partial charge in [-0.15, -0.1) is 0 Å². The van der Waals surface area contributed by atoms with E-state index in [4.69, 9.17) is 16.5 Å². The number of aromatic nitrogens is 6. The quantitative estimate of drug-likeness (QED) is 0.108. The summed E-state index contributed by atoms with van der Waals surface area (Å²) in [5, 5.41) is 8.56. The molecule has 6 N–H and O–H groups in total. The Balaban J connectivity index is 0.000000296. The molecule has 13 heteroatoms. The van der Waals surface area contributed by atoms with Crippen LogP contribution >= 0.6 is 11.9 Å². The number of nitrogen functional groups attached to an aromatic ring is 1. The highest BCUT2D eigenvalue weighted by molar-refractivity contribution is 7.97. The molecule has 0 spiro atoms. The molecule has 0 aliphatic heterocycles. The number of rotatable bonds is 7. The Morgan fingerprint density at radius 1 is 1.11 bits per heavy atom. The molecule has 5 rings (SSSR count). The molecule has 3 aromatic heterocycles. The Bertz CT molecular complexity index is 1880. The van der Waals surface area contributed by atoms with Crippen molar-refractivity contribution in [1.82, 2.24) is 28.5 Å². The zero-order valence-corrected chi connectivity index (χ0v) is 25.5. The SMILES string of the molecule is C=C/C=N\c1c(C=O)c(N)nn1C.CCc1nc2cccc(C#Cc3cnn(SCN)c3)c2c(=O)n1-c1ccccc1.CN. The fraction of sp³-hybridized carbons (Fsp3) is 0.161. The smallest absolute Gasteiger partial charge is 0.267 e. The number of benzene rings is 2. The molecule has 0 unspecified atom stereocenters. The topological polar surface area (TPSA) is 178 Å². The van der Waals surface area contributed by atoms with E-state index in [2.05, 4.69) is 39.3 Å². The molecule has 3 heterocycles. The Morgan fingerprint density at radius 2 is 1.86 bits per heavy atom. The Kier molecular flexibility index (Phi) is 12.4. The Morgan fingerprint density at radius 3 is 2.52 bits per heavy atom. The van der Waals surface area contributed by atoms with E-state index >= 15 is 0 Å². The molecule has 0 aliphatic carbocycles. The predicted molar refractivity (Wildman–Crippen MR) is 178 cm³/mol. The minimum absolute atomic E-state index is 0.114. The molecule has 0 bridgehead atoms. The molecule has 44 heavy (non-hydrogen) atoms. The third kappa shape index (κ3) is 7.75. The molecule has 0 saturated heterocycles. The van der Waals surface area contributed by atoms with Crippen LogP contribution in [0.25, 0.3) is 16.6 Å². The van der Waals surface area contributed by atoms with Gasteiger partial charge in [0.1, 0.15) is 11.4 Å². The summed E-state index contributed by atoms with van der Waals surface area (Å²) in [6.07, 6.45) is 7.76. The van der Waals surface area contributed by atoms with Gasteiger partial charge < -0.3 is 17.2 Å². The number of fused-ring (bicyclic) bond motifs is 1. The summed E-state index contributed by atoms with van der Waals surface area (Å²) in [4.78, 5) is 32.7. The number of hydrogen-bond donors (Lipinski definition) is 3. The molecule has 0 aliphatic rings. The van der Waals surface area contributed by atoms with E-state index in [-0.39, 0.29) is 11.4 Å². The molecule has 226 valence electrons. The maximum atomic E-state index is 13.5. The second-order valence-electron chi connectivity index (χ2n) is 8.61. The molecule has 0 amide bonds. The molecule has 12 nitrogen and oxygen atoms in total. The van der Waals surface area contributed by atoms with Gasteiger partial charge in [0.15, 0.2) is 17.9 Å². The van der Waals surface area contributed by atoms with Crippen molar-refractivity contribution < 1.29 is 4.79 Å². The highest BCUT2D eigenvalue weighted by Crippen LogP contribution is 2.21. The fourth-order valence-corrected chi connectivity index (χ4v) is 4.51. The molecule has 0 saturated carbocycles. The average molecular weight is 611 g/mol. The predicted octanol–water partition coefficient (Wildman–Crippen LogP) is 3.23. The van der Waals surface area contributed by atoms with Crippen LogP contribution in [0.1, 0.15) is 34.2 Å². The van der Waals surface area contributed by atoms with Crippen LogP contribution in [0.3, 0.4) is 0 Å². The molecular weight excluding hydrogens is 576 g/mol. The van der Waals surface area contributed by atoms with E-state index in [0.717, 1.165) is 17.1 Å². The lowest BCUT2D eigenvalue weighted by Crippen LogP contribution is -2.24. The molecule has 2 aromatic carbocycles. The van der Waals surface area contributed by atoms with Crippen LogP contribution < -0.4 is 22.8 Å². The van der Waals surface area contributed by atoms with Crippen LogP contribution in [0.2, 0.25) is 0 Å². The van der Waals surface area contributed by atoms with Crippen LogP contribution in [-0.4, -0.2) is 53.9 Å². The first kappa shape index (κ1) is 33.2. The monoisotopic (exact) mass is 610 g/mol. The van der Waals surface area contributed by atoms with Gasteiger partial charge in [0.2, 0.25) is 0 Å². The van der Waals surface area contributed by atoms with Gasteiger partial charge in [-0.25, -0.2) is 18.7 Å². The van der Waals surface area contributed by atoms with Gasteiger partial charge in [-0.05, 0) is 43.3 Å². The zero-order chi connectivity index (χ0) is 32.1. The summed E-state index contributed by atoms with van der Waals surface area (Å²) in [6, 6.07) is 15.1. The lowest BCUT2D eigenvalue weighted by molar-refractivity contribution is 0.112. The third-order valence-electron chi connectivity index (χ3n) is 5.91. The highest BCUT2D eigenvalue weighted by Gasteiger charge is 2.14. The van der Waals surface area contributed by atoms with Crippen LogP contribution in [0.15, 0.2) is 83.4 Å². The van der Waals surface area contributed by atoms with Crippen molar-refractivity contribution >= 4 is 47.0 Å². The lowest BCUT2D eigenvalue weighted by atomic mass is 10.1. The van der Waals surface area contributed by atoms with Gasteiger partial charge in [-0.1, -0.05) is 55.7 Å². The molecular formula is C31H34N10O2S. The summed E-state index contributed by atoms with van der Waals surface area (Å²) < 4.78 is 4.78. The number of carbonyl (C=O) groups excluding carboxylic acids is 1. The number of allylic oxidation sites excluding steroid dienone is 1.